The summed E-state index contributed by atoms with van der Waals surface area (Å²) in [5.41, 5.74) is 0.0494. The second kappa shape index (κ2) is 8.18. The largest absolute Gasteiger partial charge is 0.355 e. The van der Waals surface area contributed by atoms with Crippen molar-refractivity contribution in [2.75, 3.05) is 12.3 Å². The fourth-order valence-electron chi connectivity index (χ4n) is 1.77. The summed E-state index contributed by atoms with van der Waals surface area (Å²) in [7, 11) is 0. The first-order valence-corrected chi connectivity index (χ1v) is 7.73. The van der Waals surface area contributed by atoms with E-state index < -0.39 is 4.92 Å². The van der Waals surface area contributed by atoms with Crippen molar-refractivity contribution >= 4 is 23.4 Å². The summed E-state index contributed by atoms with van der Waals surface area (Å²) >= 11 is 1.35. The zero-order valence-electron chi connectivity index (χ0n) is 11.8. The lowest BCUT2D eigenvalue weighted by Crippen LogP contribution is -2.26. The van der Waals surface area contributed by atoms with E-state index in [1.807, 2.05) is 10.8 Å². The van der Waals surface area contributed by atoms with Gasteiger partial charge in [-0.25, -0.2) is 4.98 Å². The predicted octanol–water partition coefficient (Wildman–Crippen LogP) is 2.09. The van der Waals surface area contributed by atoms with Gasteiger partial charge in [0.25, 0.3) is 5.69 Å². The molecule has 116 valence electrons. The Balaban J connectivity index is 1.63. The highest BCUT2D eigenvalue weighted by Crippen LogP contribution is 2.20. The molecule has 1 aromatic carbocycles. The SMILES string of the molecule is O=C(CSc1ccc([N+](=O)[O-])cc1)NCCCn1ccnc1. The third-order valence-corrected chi connectivity index (χ3v) is 3.90. The summed E-state index contributed by atoms with van der Waals surface area (Å²) in [6, 6.07) is 6.17. The molecule has 22 heavy (non-hydrogen) atoms. The first-order chi connectivity index (χ1) is 10.6. The number of hydrogen-bond donors (Lipinski definition) is 1. The van der Waals surface area contributed by atoms with Gasteiger partial charge in [0, 0.05) is 42.5 Å². The normalized spacial score (nSPS) is 10.4. The molecule has 0 saturated carbocycles. The van der Waals surface area contributed by atoms with Gasteiger partial charge in [-0.3, -0.25) is 14.9 Å². The Labute approximate surface area is 131 Å². The molecule has 0 fully saturated rings. The number of hydrogen-bond acceptors (Lipinski definition) is 5. The number of nitro groups is 1. The number of aryl methyl sites for hydroxylation is 1. The van der Waals surface area contributed by atoms with E-state index >= 15 is 0 Å². The molecule has 0 aliphatic heterocycles. The number of nitrogens with zero attached hydrogens (tertiary/aromatic N) is 3. The van der Waals surface area contributed by atoms with Crippen LogP contribution in [0.15, 0.2) is 47.9 Å². The number of aromatic nitrogens is 2. The van der Waals surface area contributed by atoms with Gasteiger partial charge in [0.2, 0.25) is 5.91 Å². The number of nitro benzene ring substituents is 1. The van der Waals surface area contributed by atoms with Crippen molar-refractivity contribution in [3.63, 3.8) is 0 Å². The number of non-ortho nitro benzene ring substituents is 1. The molecule has 2 rings (SSSR count). The maximum atomic E-state index is 11.7. The minimum Gasteiger partial charge on any atom is -0.355 e. The summed E-state index contributed by atoms with van der Waals surface area (Å²) in [5.74, 6) is 0.247. The number of rotatable bonds is 8. The molecule has 1 aromatic heterocycles. The Morgan fingerprint density at radius 3 is 2.77 bits per heavy atom. The summed E-state index contributed by atoms with van der Waals surface area (Å²) in [4.78, 5) is 26.6. The standard InChI is InChI=1S/C14H16N4O3S/c19-14(16-6-1-8-17-9-7-15-11-17)10-22-13-4-2-12(3-5-13)18(20)21/h2-5,7,9,11H,1,6,8,10H2,(H,16,19). The van der Waals surface area contributed by atoms with Gasteiger partial charge in [-0.2, -0.15) is 0 Å². The van der Waals surface area contributed by atoms with Crippen LogP contribution in [0, 0.1) is 10.1 Å². The van der Waals surface area contributed by atoms with Gasteiger partial charge >= 0.3 is 0 Å². The quantitative estimate of drug-likeness (QED) is 0.348. The molecule has 0 atom stereocenters. The van der Waals surface area contributed by atoms with Crippen molar-refractivity contribution < 1.29 is 9.72 Å². The van der Waals surface area contributed by atoms with Gasteiger partial charge in [-0.15, -0.1) is 11.8 Å². The molecule has 1 amide bonds. The smallest absolute Gasteiger partial charge is 0.269 e. The number of benzene rings is 1. The zero-order valence-corrected chi connectivity index (χ0v) is 12.7. The van der Waals surface area contributed by atoms with E-state index in [1.165, 1.54) is 23.9 Å². The third-order valence-electron chi connectivity index (χ3n) is 2.89. The number of carbonyl (C=O) groups is 1. The molecular formula is C14H16N4O3S. The van der Waals surface area contributed by atoms with Crippen molar-refractivity contribution in [1.29, 1.82) is 0 Å². The highest BCUT2D eigenvalue weighted by atomic mass is 32.2. The van der Waals surface area contributed by atoms with Crippen LogP contribution >= 0.6 is 11.8 Å². The molecule has 2 aromatic rings. The molecule has 1 heterocycles. The van der Waals surface area contributed by atoms with Crippen LogP contribution in [-0.2, 0) is 11.3 Å². The number of carbonyl (C=O) groups excluding carboxylic acids is 1. The number of amides is 1. The third kappa shape index (κ3) is 5.21. The number of nitrogens with one attached hydrogen (secondary N) is 1. The molecule has 1 N–H and O–H groups in total. The van der Waals surface area contributed by atoms with E-state index in [4.69, 9.17) is 0 Å². The van der Waals surface area contributed by atoms with Gasteiger partial charge < -0.3 is 9.88 Å². The van der Waals surface area contributed by atoms with Crippen molar-refractivity contribution in [1.82, 2.24) is 14.9 Å². The van der Waals surface area contributed by atoms with E-state index in [0.29, 0.717) is 12.3 Å². The molecular weight excluding hydrogens is 304 g/mol. The molecule has 0 bridgehead atoms. The molecule has 7 nitrogen and oxygen atoms in total. The van der Waals surface area contributed by atoms with E-state index in [2.05, 4.69) is 10.3 Å². The summed E-state index contributed by atoms with van der Waals surface area (Å²) in [5, 5.41) is 13.4. The van der Waals surface area contributed by atoms with Crippen LogP contribution in [0.5, 0.6) is 0 Å². The molecule has 0 unspecified atom stereocenters. The Kier molecular flexibility index (Phi) is 5.96. The second-order valence-corrected chi connectivity index (χ2v) is 5.59. The maximum Gasteiger partial charge on any atom is 0.269 e. The molecule has 0 aliphatic rings. The Morgan fingerprint density at radius 2 is 2.14 bits per heavy atom. The highest BCUT2D eigenvalue weighted by Gasteiger charge is 2.06. The first-order valence-electron chi connectivity index (χ1n) is 6.75. The molecule has 0 spiro atoms. The van der Waals surface area contributed by atoms with Gasteiger partial charge in [0.15, 0.2) is 0 Å². The van der Waals surface area contributed by atoms with Crippen molar-refractivity contribution in [3.8, 4) is 0 Å². The first kappa shape index (κ1) is 16.0. The number of thioether (sulfide) groups is 1. The predicted molar refractivity (Wildman–Crippen MR) is 83.7 cm³/mol. The minimum atomic E-state index is -0.443. The average molecular weight is 320 g/mol. The Bertz CT molecular complexity index is 614. The average Bonchev–Trinajstić information content (AvgIpc) is 3.03. The summed E-state index contributed by atoms with van der Waals surface area (Å²) in [6.07, 6.45) is 6.18. The number of imidazole rings is 1. The van der Waals surface area contributed by atoms with Crippen LogP contribution in [0.25, 0.3) is 0 Å². The van der Waals surface area contributed by atoms with Crippen molar-refractivity contribution in [2.45, 2.75) is 17.9 Å². The minimum absolute atomic E-state index is 0.0472. The van der Waals surface area contributed by atoms with Crippen LogP contribution < -0.4 is 5.32 Å². The van der Waals surface area contributed by atoms with Crippen molar-refractivity contribution in [3.05, 3.63) is 53.1 Å². The molecule has 0 aliphatic carbocycles. The van der Waals surface area contributed by atoms with Gasteiger partial charge in [-0.05, 0) is 18.6 Å². The second-order valence-electron chi connectivity index (χ2n) is 4.54. The van der Waals surface area contributed by atoms with Crippen LogP contribution in [0.1, 0.15) is 6.42 Å². The lowest BCUT2D eigenvalue weighted by Gasteiger charge is -2.05. The fourth-order valence-corrected chi connectivity index (χ4v) is 2.50. The Hall–Kier alpha value is -2.35. The summed E-state index contributed by atoms with van der Waals surface area (Å²) < 4.78 is 1.96. The van der Waals surface area contributed by atoms with Gasteiger partial charge in [0.1, 0.15) is 0 Å². The van der Waals surface area contributed by atoms with Gasteiger partial charge in [0.05, 0.1) is 17.0 Å². The molecule has 0 radical (unpaired) electrons. The van der Waals surface area contributed by atoms with E-state index in [0.717, 1.165) is 17.9 Å². The van der Waals surface area contributed by atoms with E-state index in [1.54, 1.807) is 24.7 Å². The van der Waals surface area contributed by atoms with E-state index in [9.17, 15) is 14.9 Å². The van der Waals surface area contributed by atoms with Crippen LogP contribution in [-0.4, -0.2) is 32.7 Å². The lowest BCUT2D eigenvalue weighted by molar-refractivity contribution is -0.384. The molecule has 0 saturated heterocycles. The van der Waals surface area contributed by atoms with Crippen molar-refractivity contribution in [2.24, 2.45) is 0 Å². The van der Waals surface area contributed by atoms with E-state index in [-0.39, 0.29) is 11.6 Å². The van der Waals surface area contributed by atoms with Crippen LogP contribution in [0.2, 0.25) is 0 Å². The zero-order chi connectivity index (χ0) is 15.8. The summed E-state index contributed by atoms with van der Waals surface area (Å²) in [6.45, 7) is 1.42. The van der Waals surface area contributed by atoms with Crippen LogP contribution in [0.4, 0.5) is 5.69 Å². The lowest BCUT2D eigenvalue weighted by atomic mass is 10.3. The van der Waals surface area contributed by atoms with Gasteiger partial charge in [-0.1, -0.05) is 0 Å². The monoisotopic (exact) mass is 320 g/mol. The van der Waals surface area contributed by atoms with Crippen LogP contribution in [0.3, 0.4) is 0 Å². The fraction of sp³-hybridized carbons (Fsp3) is 0.286. The Morgan fingerprint density at radius 1 is 1.36 bits per heavy atom. The maximum absolute atomic E-state index is 11.7. The highest BCUT2D eigenvalue weighted by molar-refractivity contribution is 8.00. The molecule has 8 heteroatoms. The topological polar surface area (TPSA) is 90.1 Å².